The third kappa shape index (κ3) is 7.23. The van der Waals surface area contributed by atoms with Gasteiger partial charge in [0.05, 0.1) is 6.61 Å². The Hall–Kier alpha value is -1.00. The van der Waals surface area contributed by atoms with Crippen LogP contribution in [-0.2, 0) is 20.7 Å². The highest BCUT2D eigenvalue weighted by atomic mass is 32.1. The van der Waals surface area contributed by atoms with Gasteiger partial charge in [0.15, 0.2) is 0 Å². The molecule has 3 nitrogen and oxygen atoms in total. The predicted molar refractivity (Wildman–Crippen MR) is 79.6 cm³/mol. The number of hydrogen-bond acceptors (Lipinski definition) is 4. The number of hydrogen-bond donors (Lipinski definition) is 1. The lowest BCUT2D eigenvalue weighted by atomic mass is 10.1. The number of thiol groups is 1. The molecule has 1 rings (SSSR count). The summed E-state index contributed by atoms with van der Waals surface area (Å²) in [5.74, 6) is -0.286. The first-order chi connectivity index (χ1) is 9.24. The van der Waals surface area contributed by atoms with Gasteiger partial charge in [-0.15, -0.1) is 0 Å². The van der Waals surface area contributed by atoms with Crippen molar-refractivity contribution in [2.45, 2.75) is 31.4 Å². The zero-order valence-electron chi connectivity index (χ0n) is 11.4. The lowest BCUT2D eigenvalue weighted by Gasteiger charge is -2.11. The van der Waals surface area contributed by atoms with Crippen molar-refractivity contribution in [2.75, 3.05) is 19.8 Å². The van der Waals surface area contributed by atoms with E-state index in [1.165, 1.54) is 0 Å². The molecule has 0 heterocycles. The summed E-state index contributed by atoms with van der Waals surface area (Å²) in [5, 5.41) is -0.418. The average molecular weight is 282 g/mol. The minimum absolute atomic E-state index is 0.286. The van der Waals surface area contributed by atoms with E-state index in [0.717, 1.165) is 25.0 Å². The fourth-order valence-electron chi connectivity index (χ4n) is 1.57. The summed E-state index contributed by atoms with van der Waals surface area (Å²) in [7, 11) is 0. The number of carbonyl (C=O) groups excluding carboxylic acids is 1. The molecular formula is C15H22O3S. The molecule has 0 aliphatic heterocycles. The third-order valence-electron chi connectivity index (χ3n) is 2.66. The van der Waals surface area contributed by atoms with Crippen LogP contribution in [0.4, 0.5) is 0 Å². The standard InChI is InChI=1S/C15H22O3S/c1-2-3-9-17-10-11-18-15(16)14(19)12-13-7-5-4-6-8-13/h4-8,14,19H,2-3,9-12H2,1H3. The van der Waals surface area contributed by atoms with Gasteiger partial charge in [-0.05, 0) is 18.4 Å². The first-order valence-corrected chi connectivity index (χ1v) is 7.22. The largest absolute Gasteiger partial charge is 0.462 e. The summed E-state index contributed by atoms with van der Waals surface area (Å²) in [6, 6.07) is 9.79. The third-order valence-corrected chi connectivity index (χ3v) is 3.05. The molecule has 1 atom stereocenters. The van der Waals surface area contributed by atoms with E-state index in [2.05, 4.69) is 19.6 Å². The van der Waals surface area contributed by atoms with Crippen molar-refractivity contribution in [1.29, 1.82) is 0 Å². The van der Waals surface area contributed by atoms with Crippen LogP contribution < -0.4 is 0 Å². The van der Waals surface area contributed by atoms with Gasteiger partial charge in [0.2, 0.25) is 0 Å². The molecule has 0 saturated heterocycles. The van der Waals surface area contributed by atoms with Gasteiger partial charge in [0, 0.05) is 6.61 Å². The van der Waals surface area contributed by atoms with Crippen LogP contribution in [0.15, 0.2) is 30.3 Å². The minimum Gasteiger partial charge on any atom is -0.462 e. The quantitative estimate of drug-likeness (QED) is 0.430. The summed E-state index contributed by atoms with van der Waals surface area (Å²) >= 11 is 4.28. The molecule has 1 aromatic rings. The molecule has 1 unspecified atom stereocenters. The van der Waals surface area contributed by atoms with Crippen LogP contribution >= 0.6 is 12.6 Å². The minimum atomic E-state index is -0.418. The van der Waals surface area contributed by atoms with Crippen molar-refractivity contribution >= 4 is 18.6 Å². The van der Waals surface area contributed by atoms with Crippen LogP contribution in [0, 0.1) is 0 Å². The molecular weight excluding hydrogens is 260 g/mol. The highest BCUT2D eigenvalue weighted by Crippen LogP contribution is 2.09. The number of esters is 1. The first kappa shape index (κ1) is 16.1. The Balaban J connectivity index is 2.15. The second-order valence-electron chi connectivity index (χ2n) is 4.34. The Kier molecular flexibility index (Phi) is 8.34. The molecule has 106 valence electrons. The van der Waals surface area contributed by atoms with E-state index in [-0.39, 0.29) is 5.97 Å². The van der Waals surface area contributed by atoms with E-state index >= 15 is 0 Å². The SMILES string of the molecule is CCCCOCCOC(=O)C(S)Cc1ccccc1. The van der Waals surface area contributed by atoms with Crippen molar-refractivity contribution in [3.63, 3.8) is 0 Å². The molecule has 0 N–H and O–H groups in total. The summed E-state index contributed by atoms with van der Waals surface area (Å²) < 4.78 is 10.4. The molecule has 1 aromatic carbocycles. The van der Waals surface area contributed by atoms with Gasteiger partial charge in [-0.3, -0.25) is 4.79 Å². The van der Waals surface area contributed by atoms with Crippen molar-refractivity contribution < 1.29 is 14.3 Å². The maximum Gasteiger partial charge on any atom is 0.319 e. The Bertz CT molecular complexity index is 354. The number of carbonyl (C=O) groups is 1. The van der Waals surface area contributed by atoms with Gasteiger partial charge in [-0.1, -0.05) is 43.7 Å². The van der Waals surface area contributed by atoms with Crippen molar-refractivity contribution in [2.24, 2.45) is 0 Å². The molecule has 4 heteroatoms. The van der Waals surface area contributed by atoms with E-state index < -0.39 is 5.25 Å². The zero-order chi connectivity index (χ0) is 13.9. The van der Waals surface area contributed by atoms with Gasteiger partial charge in [-0.25, -0.2) is 0 Å². The molecule has 0 bridgehead atoms. The molecule has 0 aromatic heterocycles. The van der Waals surface area contributed by atoms with Crippen LogP contribution in [-0.4, -0.2) is 31.0 Å². The van der Waals surface area contributed by atoms with Gasteiger partial charge in [-0.2, -0.15) is 12.6 Å². The van der Waals surface area contributed by atoms with Crippen LogP contribution in [0.3, 0.4) is 0 Å². The number of ether oxygens (including phenoxy) is 2. The summed E-state index contributed by atoms with van der Waals surface area (Å²) in [6.07, 6.45) is 2.73. The second-order valence-corrected chi connectivity index (χ2v) is 4.96. The maximum atomic E-state index is 11.7. The Morgan fingerprint density at radius 1 is 1.21 bits per heavy atom. The van der Waals surface area contributed by atoms with E-state index in [1.54, 1.807) is 0 Å². The summed E-state index contributed by atoms with van der Waals surface area (Å²) in [5.41, 5.74) is 1.08. The van der Waals surface area contributed by atoms with E-state index in [4.69, 9.17) is 9.47 Å². The molecule has 0 fully saturated rings. The van der Waals surface area contributed by atoms with E-state index in [1.807, 2.05) is 30.3 Å². The fraction of sp³-hybridized carbons (Fsp3) is 0.533. The second kappa shape index (κ2) is 9.87. The van der Waals surface area contributed by atoms with Gasteiger partial charge >= 0.3 is 5.97 Å². The molecule has 0 radical (unpaired) electrons. The molecule has 0 aliphatic carbocycles. The van der Waals surface area contributed by atoms with Gasteiger partial charge < -0.3 is 9.47 Å². The average Bonchev–Trinajstić information content (AvgIpc) is 2.43. The fourth-order valence-corrected chi connectivity index (χ4v) is 1.85. The van der Waals surface area contributed by atoms with E-state index in [0.29, 0.717) is 19.6 Å². The highest BCUT2D eigenvalue weighted by molar-refractivity contribution is 7.81. The lowest BCUT2D eigenvalue weighted by molar-refractivity contribution is -0.144. The molecule has 0 amide bonds. The van der Waals surface area contributed by atoms with Gasteiger partial charge in [0.25, 0.3) is 0 Å². The smallest absolute Gasteiger partial charge is 0.319 e. The van der Waals surface area contributed by atoms with Crippen LogP contribution in [0.1, 0.15) is 25.3 Å². The number of benzene rings is 1. The van der Waals surface area contributed by atoms with Crippen molar-refractivity contribution in [3.8, 4) is 0 Å². The molecule has 0 aliphatic rings. The normalized spacial score (nSPS) is 12.1. The Labute approximate surface area is 120 Å². The monoisotopic (exact) mass is 282 g/mol. The van der Waals surface area contributed by atoms with Gasteiger partial charge in [0.1, 0.15) is 11.9 Å². The highest BCUT2D eigenvalue weighted by Gasteiger charge is 2.15. The molecule has 0 saturated carbocycles. The van der Waals surface area contributed by atoms with Crippen molar-refractivity contribution in [3.05, 3.63) is 35.9 Å². The summed E-state index contributed by atoms with van der Waals surface area (Å²) in [6.45, 7) is 3.59. The maximum absolute atomic E-state index is 11.7. The first-order valence-electron chi connectivity index (χ1n) is 6.70. The lowest BCUT2D eigenvalue weighted by Crippen LogP contribution is -2.22. The zero-order valence-corrected chi connectivity index (χ0v) is 12.3. The molecule has 19 heavy (non-hydrogen) atoms. The molecule has 0 spiro atoms. The van der Waals surface area contributed by atoms with Crippen LogP contribution in [0.2, 0.25) is 0 Å². The van der Waals surface area contributed by atoms with Crippen molar-refractivity contribution in [1.82, 2.24) is 0 Å². The summed E-state index contributed by atoms with van der Waals surface area (Å²) in [4.78, 5) is 11.7. The number of rotatable bonds is 9. The Morgan fingerprint density at radius 2 is 1.95 bits per heavy atom. The van der Waals surface area contributed by atoms with Crippen LogP contribution in [0.5, 0.6) is 0 Å². The Morgan fingerprint density at radius 3 is 2.63 bits per heavy atom. The predicted octanol–water partition coefficient (Wildman–Crippen LogP) is 2.89. The van der Waals surface area contributed by atoms with Crippen LogP contribution in [0.25, 0.3) is 0 Å². The number of unbranched alkanes of at least 4 members (excludes halogenated alkanes) is 1. The van der Waals surface area contributed by atoms with E-state index in [9.17, 15) is 4.79 Å². The topological polar surface area (TPSA) is 35.5 Å².